The highest BCUT2D eigenvalue weighted by Gasteiger charge is 2.30. The molecule has 2 amide bonds. The summed E-state index contributed by atoms with van der Waals surface area (Å²) in [4.78, 5) is 39.0. The molecular weight excluding hydrogens is 518 g/mol. The first kappa shape index (κ1) is 24.7. The molecule has 0 bridgehead atoms. The fourth-order valence-electron chi connectivity index (χ4n) is 4.74. The van der Waals surface area contributed by atoms with Gasteiger partial charge in [-0.25, -0.2) is 9.97 Å². The summed E-state index contributed by atoms with van der Waals surface area (Å²) in [7, 11) is 0. The van der Waals surface area contributed by atoms with Gasteiger partial charge in [-0.05, 0) is 68.6 Å². The number of carbonyl (C=O) groups is 2. The maximum Gasteiger partial charge on any atom is 0.275 e. The number of imide groups is 1. The predicted molar refractivity (Wildman–Crippen MR) is 151 cm³/mol. The second-order valence-corrected chi connectivity index (χ2v) is 11.2. The van der Waals surface area contributed by atoms with Crippen molar-refractivity contribution in [1.29, 1.82) is 0 Å². The molecule has 0 aliphatic carbocycles. The molecule has 1 N–H and O–H groups in total. The minimum Gasteiger partial charge on any atom is -0.492 e. The van der Waals surface area contributed by atoms with E-state index in [9.17, 15) is 9.59 Å². The van der Waals surface area contributed by atoms with Gasteiger partial charge in [-0.15, -0.1) is 22.7 Å². The molecule has 2 aliphatic heterocycles. The van der Waals surface area contributed by atoms with Crippen molar-refractivity contribution in [2.45, 2.75) is 26.2 Å². The molecule has 4 aromatic rings. The summed E-state index contributed by atoms with van der Waals surface area (Å²) in [5.74, 6) is 0.919. The third-order valence-electron chi connectivity index (χ3n) is 6.78. The Morgan fingerprint density at radius 3 is 2.55 bits per heavy atom. The Balaban J connectivity index is 1.28. The number of ether oxygens (including phenoxy) is 1. The highest BCUT2D eigenvalue weighted by Crippen LogP contribution is 2.40. The van der Waals surface area contributed by atoms with Crippen molar-refractivity contribution in [3.8, 4) is 27.6 Å². The molecular formula is C28H27N5O3S2. The summed E-state index contributed by atoms with van der Waals surface area (Å²) < 4.78 is 5.98. The van der Waals surface area contributed by atoms with Gasteiger partial charge in [-0.1, -0.05) is 12.5 Å². The molecule has 1 fully saturated rings. The molecule has 0 unspecified atom stereocenters. The Labute approximate surface area is 228 Å². The monoisotopic (exact) mass is 545 g/mol. The molecule has 3 aromatic heterocycles. The van der Waals surface area contributed by atoms with Gasteiger partial charge in [0.2, 0.25) is 0 Å². The minimum atomic E-state index is -0.417. The van der Waals surface area contributed by atoms with Gasteiger partial charge in [0.05, 0.1) is 5.39 Å². The van der Waals surface area contributed by atoms with Crippen molar-refractivity contribution in [2.24, 2.45) is 0 Å². The number of hydrogen-bond acceptors (Lipinski definition) is 9. The molecule has 8 nitrogen and oxygen atoms in total. The van der Waals surface area contributed by atoms with E-state index < -0.39 is 5.91 Å². The quantitative estimate of drug-likeness (QED) is 0.289. The first-order valence-corrected chi connectivity index (χ1v) is 14.4. The van der Waals surface area contributed by atoms with E-state index in [1.165, 1.54) is 36.7 Å². The number of thiophene rings is 2. The number of carbonyl (C=O) groups excluding carboxylic acids is 2. The van der Waals surface area contributed by atoms with Crippen LogP contribution in [0.5, 0.6) is 5.75 Å². The van der Waals surface area contributed by atoms with Crippen LogP contribution in [0.4, 0.5) is 5.82 Å². The fourth-order valence-corrected chi connectivity index (χ4v) is 6.50. The molecule has 0 spiro atoms. The standard InChI is InChI=1S/C28H27N5O3S2/c1-18-16-23(34)33(28(18)35)31-26-24-21(22-6-5-15-37-22)17-38-27(24)30-25(29-26)19-7-9-20(10-8-19)36-14-13-32-11-3-2-4-12-32/h5-10,15-17H,2-4,11-14H2,1H3,(H,29,30,31). The largest absolute Gasteiger partial charge is 0.492 e. The zero-order valence-corrected chi connectivity index (χ0v) is 22.6. The van der Waals surface area contributed by atoms with Gasteiger partial charge >= 0.3 is 0 Å². The topological polar surface area (TPSA) is 87.7 Å². The number of fused-ring (bicyclic) bond motifs is 1. The molecule has 0 atom stereocenters. The lowest BCUT2D eigenvalue weighted by Crippen LogP contribution is -2.36. The van der Waals surface area contributed by atoms with Crippen LogP contribution in [0.3, 0.4) is 0 Å². The van der Waals surface area contributed by atoms with Gasteiger partial charge < -0.3 is 4.74 Å². The Morgan fingerprint density at radius 1 is 1.03 bits per heavy atom. The average Bonchev–Trinajstić information content (AvgIpc) is 3.67. The summed E-state index contributed by atoms with van der Waals surface area (Å²) in [5.41, 5.74) is 5.16. The van der Waals surface area contributed by atoms with Crippen LogP contribution in [0.25, 0.3) is 32.0 Å². The molecule has 2 aliphatic rings. The van der Waals surface area contributed by atoms with Crippen molar-refractivity contribution in [1.82, 2.24) is 19.9 Å². The second kappa shape index (κ2) is 10.6. The number of benzene rings is 1. The second-order valence-electron chi connectivity index (χ2n) is 9.40. The maximum atomic E-state index is 12.6. The number of aromatic nitrogens is 2. The van der Waals surface area contributed by atoms with E-state index in [0.717, 1.165) is 56.6 Å². The van der Waals surface area contributed by atoms with Crippen LogP contribution in [-0.2, 0) is 9.59 Å². The molecule has 0 saturated carbocycles. The number of piperidine rings is 1. The maximum absolute atomic E-state index is 12.6. The van der Waals surface area contributed by atoms with Crippen LogP contribution in [0.15, 0.2) is 58.8 Å². The van der Waals surface area contributed by atoms with E-state index in [4.69, 9.17) is 14.7 Å². The van der Waals surface area contributed by atoms with Crippen LogP contribution in [-0.4, -0.2) is 57.9 Å². The number of rotatable bonds is 8. The first-order chi connectivity index (χ1) is 18.6. The number of likely N-dealkylation sites (tertiary alicyclic amines) is 1. The summed E-state index contributed by atoms with van der Waals surface area (Å²) in [5, 5.41) is 5.84. The van der Waals surface area contributed by atoms with Crippen LogP contribution < -0.4 is 10.2 Å². The van der Waals surface area contributed by atoms with Gasteiger partial charge in [0.1, 0.15) is 17.2 Å². The molecule has 1 aromatic carbocycles. The van der Waals surface area contributed by atoms with E-state index in [2.05, 4.69) is 10.3 Å². The minimum absolute atomic E-state index is 0.382. The molecule has 1 saturated heterocycles. The summed E-state index contributed by atoms with van der Waals surface area (Å²) in [6, 6.07) is 11.8. The Kier molecular flexibility index (Phi) is 6.92. The summed E-state index contributed by atoms with van der Waals surface area (Å²) in [6.07, 6.45) is 5.19. The zero-order chi connectivity index (χ0) is 26.1. The van der Waals surface area contributed by atoms with Crippen LogP contribution in [0.2, 0.25) is 0 Å². The SMILES string of the molecule is CC1=CC(=O)N(Nc2nc(-c3ccc(OCCN4CCCCC4)cc3)nc3scc(-c4cccs4)c23)C1=O. The summed E-state index contributed by atoms with van der Waals surface area (Å²) >= 11 is 3.12. The average molecular weight is 546 g/mol. The number of hydrogen-bond donors (Lipinski definition) is 1. The van der Waals surface area contributed by atoms with Gasteiger partial charge in [0.15, 0.2) is 11.6 Å². The number of anilines is 1. The highest BCUT2D eigenvalue weighted by atomic mass is 32.1. The fraction of sp³-hybridized carbons (Fsp3) is 0.286. The Bertz CT molecular complexity index is 1510. The van der Waals surface area contributed by atoms with Crippen molar-refractivity contribution < 1.29 is 14.3 Å². The van der Waals surface area contributed by atoms with Gasteiger partial charge in [0, 0.05) is 39.6 Å². The van der Waals surface area contributed by atoms with E-state index >= 15 is 0 Å². The smallest absolute Gasteiger partial charge is 0.275 e. The number of hydrazine groups is 1. The molecule has 38 heavy (non-hydrogen) atoms. The first-order valence-electron chi connectivity index (χ1n) is 12.7. The van der Waals surface area contributed by atoms with Crippen LogP contribution in [0, 0.1) is 0 Å². The lowest BCUT2D eigenvalue weighted by Gasteiger charge is -2.26. The third kappa shape index (κ3) is 4.94. The number of nitrogens with zero attached hydrogens (tertiary/aromatic N) is 4. The van der Waals surface area contributed by atoms with Gasteiger partial charge in [0.25, 0.3) is 11.8 Å². The van der Waals surface area contributed by atoms with Crippen molar-refractivity contribution in [2.75, 3.05) is 31.7 Å². The number of nitrogens with one attached hydrogen (secondary N) is 1. The lowest BCUT2D eigenvalue weighted by molar-refractivity contribution is -0.135. The van der Waals surface area contributed by atoms with Crippen molar-refractivity contribution in [3.63, 3.8) is 0 Å². The normalized spacial score (nSPS) is 16.3. The van der Waals surface area contributed by atoms with Crippen molar-refractivity contribution in [3.05, 3.63) is 58.8 Å². The molecule has 10 heteroatoms. The molecule has 0 radical (unpaired) electrons. The van der Waals surface area contributed by atoms with E-state index in [1.54, 1.807) is 18.3 Å². The van der Waals surface area contributed by atoms with E-state index in [0.29, 0.717) is 23.8 Å². The third-order valence-corrected chi connectivity index (χ3v) is 8.55. The Morgan fingerprint density at radius 2 is 1.84 bits per heavy atom. The zero-order valence-electron chi connectivity index (χ0n) is 21.0. The molecule has 6 rings (SSSR count). The highest BCUT2D eigenvalue weighted by molar-refractivity contribution is 7.18. The van der Waals surface area contributed by atoms with E-state index in [1.807, 2.05) is 47.2 Å². The Hall–Kier alpha value is -3.60. The predicted octanol–water partition coefficient (Wildman–Crippen LogP) is 5.59. The molecule has 5 heterocycles. The summed E-state index contributed by atoms with van der Waals surface area (Å²) in [6.45, 7) is 5.52. The van der Waals surface area contributed by atoms with Crippen molar-refractivity contribution >= 4 is 50.5 Å². The van der Waals surface area contributed by atoms with Gasteiger partial charge in [-0.2, -0.15) is 5.01 Å². The number of amides is 2. The van der Waals surface area contributed by atoms with Crippen LogP contribution in [0.1, 0.15) is 26.2 Å². The van der Waals surface area contributed by atoms with Gasteiger partial charge in [-0.3, -0.25) is 19.9 Å². The van der Waals surface area contributed by atoms with Crippen LogP contribution >= 0.6 is 22.7 Å². The molecule has 194 valence electrons. The van der Waals surface area contributed by atoms with E-state index in [-0.39, 0.29) is 5.91 Å². The lowest BCUT2D eigenvalue weighted by atomic mass is 10.1.